The molecule has 0 atom stereocenters. The van der Waals surface area contributed by atoms with Crippen LogP contribution in [-0.2, 0) is 16.1 Å². The van der Waals surface area contributed by atoms with E-state index in [-0.39, 0.29) is 18.3 Å². The van der Waals surface area contributed by atoms with Crippen LogP contribution < -0.4 is 0 Å². The lowest BCUT2D eigenvalue weighted by molar-refractivity contribution is -0.141. The summed E-state index contributed by atoms with van der Waals surface area (Å²) >= 11 is 0. The van der Waals surface area contributed by atoms with Gasteiger partial charge in [-0.3, -0.25) is 9.69 Å². The number of rotatable bonds is 5. The van der Waals surface area contributed by atoms with E-state index >= 15 is 0 Å². The number of halogens is 1. The lowest BCUT2D eigenvalue weighted by Crippen LogP contribution is -2.30. The fourth-order valence-corrected chi connectivity index (χ4v) is 3.75. The first-order chi connectivity index (χ1) is 12.0. The Labute approximate surface area is 147 Å². The van der Waals surface area contributed by atoms with E-state index in [0.717, 1.165) is 54.6 Å². The Hall–Kier alpha value is -2.14. The molecule has 4 nitrogen and oxygen atoms in total. The van der Waals surface area contributed by atoms with Crippen LogP contribution in [0.3, 0.4) is 0 Å². The van der Waals surface area contributed by atoms with Gasteiger partial charge in [0, 0.05) is 35.2 Å². The van der Waals surface area contributed by atoms with Crippen molar-refractivity contribution in [3.8, 4) is 0 Å². The summed E-state index contributed by atoms with van der Waals surface area (Å²) in [6, 6.07) is 4.76. The number of benzene rings is 1. The predicted octanol–water partition coefficient (Wildman–Crippen LogP) is 3.76. The molecule has 0 aliphatic carbocycles. The van der Waals surface area contributed by atoms with Gasteiger partial charge in [0.25, 0.3) is 0 Å². The van der Waals surface area contributed by atoms with E-state index in [4.69, 9.17) is 4.74 Å². The molecule has 0 saturated carbocycles. The van der Waals surface area contributed by atoms with E-state index < -0.39 is 0 Å². The Morgan fingerprint density at radius 2 is 2.16 bits per heavy atom. The fraction of sp³-hybridized carbons (Fsp3) is 0.450. The SMILES string of the molecule is CCCN1CCC=C(c2c(C)n(CC(=O)OC)c3ccc(F)cc23)C1. The molecule has 2 heterocycles. The molecule has 1 aliphatic heterocycles. The third kappa shape index (κ3) is 3.47. The van der Waals surface area contributed by atoms with Crippen LogP contribution >= 0.6 is 0 Å². The van der Waals surface area contributed by atoms with Crippen LogP contribution in [0.15, 0.2) is 24.3 Å². The van der Waals surface area contributed by atoms with Gasteiger partial charge in [-0.2, -0.15) is 0 Å². The van der Waals surface area contributed by atoms with Crippen molar-refractivity contribution in [2.24, 2.45) is 0 Å². The average molecular weight is 344 g/mol. The first-order valence-corrected chi connectivity index (χ1v) is 8.82. The Morgan fingerprint density at radius 3 is 2.88 bits per heavy atom. The second kappa shape index (κ2) is 7.40. The van der Waals surface area contributed by atoms with E-state index in [1.54, 1.807) is 12.1 Å². The molecule has 0 fully saturated rings. The topological polar surface area (TPSA) is 34.5 Å². The van der Waals surface area contributed by atoms with Gasteiger partial charge < -0.3 is 9.30 Å². The van der Waals surface area contributed by atoms with Gasteiger partial charge in [-0.25, -0.2) is 4.39 Å². The number of hydrogen-bond donors (Lipinski definition) is 0. The van der Waals surface area contributed by atoms with Gasteiger partial charge in [0.1, 0.15) is 12.4 Å². The Bertz CT molecular complexity index is 823. The summed E-state index contributed by atoms with van der Waals surface area (Å²) in [5, 5.41) is 0.867. The summed E-state index contributed by atoms with van der Waals surface area (Å²) in [5.74, 6) is -0.563. The van der Waals surface area contributed by atoms with E-state index in [2.05, 4.69) is 17.9 Å². The van der Waals surface area contributed by atoms with Crippen LogP contribution in [0, 0.1) is 12.7 Å². The third-order valence-electron chi connectivity index (χ3n) is 4.89. The van der Waals surface area contributed by atoms with Crippen molar-refractivity contribution in [2.45, 2.75) is 33.2 Å². The predicted molar refractivity (Wildman–Crippen MR) is 98.0 cm³/mol. The van der Waals surface area contributed by atoms with Gasteiger partial charge in [-0.1, -0.05) is 13.0 Å². The molecule has 1 aliphatic rings. The normalized spacial score (nSPS) is 15.4. The Morgan fingerprint density at radius 1 is 1.36 bits per heavy atom. The van der Waals surface area contributed by atoms with Gasteiger partial charge >= 0.3 is 5.97 Å². The maximum Gasteiger partial charge on any atom is 0.325 e. The Balaban J connectivity index is 2.11. The molecule has 3 rings (SSSR count). The molecule has 0 radical (unpaired) electrons. The average Bonchev–Trinajstić information content (AvgIpc) is 2.86. The molecule has 2 aromatic rings. The van der Waals surface area contributed by atoms with Crippen LogP contribution in [-0.4, -0.2) is 42.2 Å². The van der Waals surface area contributed by atoms with Crippen molar-refractivity contribution in [1.29, 1.82) is 0 Å². The molecule has 0 spiro atoms. The minimum Gasteiger partial charge on any atom is -0.468 e. The number of aromatic nitrogens is 1. The first kappa shape index (κ1) is 17.7. The van der Waals surface area contributed by atoms with Crippen LogP contribution in [0.1, 0.15) is 31.0 Å². The number of ether oxygens (including phenoxy) is 1. The Kier molecular flexibility index (Phi) is 5.23. The van der Waals surface area contributed by atoms with Crippen molar-refractivity contribution in [1.82, 2.24) is 9.47 Å². The van der Waals surface area contributed by atoms with Gasteiger partial charge in [0.05, 0.1) is 7.11 Å². The van der Waals surface area contributed by atoms with Gasteiger partial charge in [0.15, 0.2) is 0 Å². The highest BCUT2D eigenvalue weighted by molar-refractivity contribution is 5.96. The molecule has 0 amide bonds. The molecule has 0 unspecified atom stereocenters. The second-order valence-electron chi connectivity index (χ2n) is 6.58. The highest BCUT2D eigenvalue weighted by Gasteiger charge is 2.22. The molecule has 0 N–H and O–H groups in total. The summed E-state index contributed by atoms with van der Waals surface area (Å²) in [4.78, 5) is 14.3. The minimum absolute atomic E-state index is 0.135. The van der Waals surface area contributed by atoms with Crippen molar-refractivity contribution in [3.05, 3.63) is 41.3 Å². The van der Waals surface area contributed by atoms with Crippen molar-refractivity contribution in [2.75, 3.05) is 26.7 Å². The van der Waals surface area contributed by atoms with Crippen LogP contribution in [0.4, 0.5) is 4.39 Å². The lowest BCUT2D eigenvalue weighted by atomic mass is 9.98. The number of carbonyl (C=O) groups excluding carboxylic acids is 1. The van der Waals surface area contributed by atoms with Gasteiger partial charge in [-0.15, -0.1) is 0 Å². The zero-order valence-electron chi connectivity index (χ0n) is 15.1. The highest BCUT2D eigenvalue weighted by atomic mass is 19.1. The van der Waals surface area contributed by atoms with Gasteiger partial charge in [-0.05, 0) is 50.1 Å². The fourth-order valence-electron chi connectivity index (χ4n) is 3.75. The maximum absolute atomic E-state index is 13.9. The monoisotopic (exact) mass is 344 g/mol. The summed E-state index contributed by atoms with van der Waals surface area (Å²) in [7, 11) is 1.39. The van der Waals surface area contributed by atoms with Crippen molar-refractivity contribution in [3.63, 3.8) is 0 Å². The highest BCUT2D eigenvalue weighted by Crippen LogP contribution is 2.34. The summed E-state index contributed by atoms with van der Waals surface area (Å²) in [6.45, 7) is 7.30. The molecule has 5 heteroatoms. The molecular formula is C20H25FN2O2. The smallest absolute Gasteiger partial charge is 0.325 e. The number of nitrogens with zero attached hydrogens (tertiary/aromatic N) is 2. The molecule has 1 aromatic heterocycles. The number of carbonyl (C=O) groups is 1. The molecule has 0 bridgehead atoms. The quantitative estimate of drug-likeness (QED) is 0.775. The molecule has 1 aromatic carbocycles. The molecule has 25 heavy (non-hydrogen) atoms. The summed E-state index contributed by atoms with van der Waals surface area (Å²) < 4.78 is 20.7. The van der Waals surface area contributed by atoms with Gasteiger partial charge in [0.2, 0.25) is 0 Å². The van der Waals surface area contributed by atoms with E-state index in [9.17, 15) is 9.18 Å². The van der Waals surface area contributed by atoms with Crippen LogP contribution in [0.5, 0.6) is 0 Å². The number of hydrogen-bond acceptors (Lipinski definition) is 3. The number of fused-ring (bicyclic) bond motifs is 1. The standard InChI is InChI=1S/C20H25FN2O2/c1-4-9-22-10-5-6-15(12-22)20-14(2)23(13-19(24)25-3)18-8-7-16(21)11-17(18)20/h6-8,11H,4-5,9-10,12-13H2,1-3H3. The third-order valence-corrected chi connectivity index (χ3v) is 4.89. The van der Waals surface area contributed by atoms with Crippen LogP contribution in [0.2, 0.25) is 0 Å². The number of methoxy groups -OCH3 is 1. The van der Waals surface area contributed by atoms with Crippen molar-refractivity contribution >= 4 is 22.4 Å². The molecule has 134 valence electrons. The molecule has 0 saturated heterocycles. The first-order valence-electron chi connectivity index (χ1n) is 8.82. The molecular weight excluding hydrogens is 319 g/mol. The summed E-state index contributed by atoms with van der Waals surface area (Å²) in [6.07, 6.45) is 4.36. The minimum atomic E-state index is -0.305. The van der Waals surface area contributed by atoms with Crippen molar-refractivity contribution < 1.29 is 13.9 Å². The van der Waals surface area contributed by atoms with E-state index in [1.807, 2.05) is 11.5 Å². The number of esters is 1. The second-order valence-corrected chi connectivity index (χ2v) is 6.58. The maximum atomic E-state index is 13.9. The van der Waals surface area contributed by atoms with Crippen LogP contribution in [0.25, 0.3) is 16.5 Å². The summed E-state index contributed by atoms with van der Waals surface area (Å²) in [5.41, 5.74) is 4.12. The lowest BCUT2D eigenvalue weighted by Gasteiger charge is -2.27. The van der Waals surface area contributed by atoms with E-state index in [1.165, 1.54) is 18.7 Å². The zero-order chi connectivity index (χ0) is 18.0. The zero-order valence-corrected chi connectivity index (χ0v) is 15.1. The largest absolute Gasteiger partial charge is 0.468 e. The van der Waals surface area contributed by atoms with E-state index in [0.29, 0.717) is 0 Å².